The molecule has 0 bridgehead atoms. The third-order valence-electron chi connectivity index (χ3n) is 17.5. The van der Waals surface area contributed by atoms with E-state index in [9.17, 15) is 25.2 Å². The van der Waals surface area contributed by atoms with Crippen LogP contribution < -0.4 is 5.32 Å². The first-order chi connectivity index (χ1) is 38.5. The summed E-state index contributed by atoms with van der Waals surface area (Å²) in [5, 5.41) is 44.2. The van der Waals surface area contributed by atoms with Gasteiger partial charge < -0.3 is 25.7 Å². The molecule has 0 rings (SSSR count). The molecule has 5 N–H and O–H groups in total. The van der Waals surface area contributed by atoms with Crippen LogP contribution in [0.4, 0.5) is 0 Å². The molecule has 0 heterocycles. The van der Waals surface area contributed by atoms with Crippen LogP contribution in [0.5, 0.6) is 0 Å². The van der Waals surface area contributed by atoms with Crippen molar-refractivity contribution in [3.8, 4) is 0 Å². The van der Waals surface area contributed by atoms with Gasteiger partial charge in [0.25, 0.3) is 0 Å². The van der Waals surface area contributed by atoms with Crippen LogP contribution in [0.3, 0.4) is 0 Å². The largest absolute Gasteiger partial charge is 0.394 e. The van der Waals surface area contributed by atoms with E-state index in [2.05, 4.69) is 31.3 Å². The molecule has 0 saturated heterocycles. The highest BCUT2D eigenvalue weighted by Gasteiger charge is 2.28. The van der Waals surface area contributed by atoms with Gasteiger partial charge in [-0.05, 0) is 38.5 Å². The van der Waals surface area contributed by atoms with Crippen LogP contribution in [0.2, 0.25) is 0 Å². The Morgan fingerprint density at radius 2 is 0.526 bits per heavy atom. The SMILES string of the molecule is CCCCCCCCCCCCCCCCCCCCCCCCC/C=C/CCCC(O)C(O)C(CO)NC(=O)C(O)CCCCCCCCCCCCCCCCCCCCCCCCCCCCCCCCCCCC. The second-order valence-electron chi connectivity index (χ2n) is 25.3. The van der Waals surface area contributed by atoms with Crippen molar-refractivity contribution in [1.82, 2.24) is 5.32 Å². The Kier molecular flexibility index (Phi) is 66.0. The summed E-state index contributed by atoms with van der Waals surface area (Å²) in [5.41, 5.74) is 0. The van der Waals surface area contributed by atoms with E-state index in [0.29, 0.717) is 12.8 Å². The topological polar surface area (TPSA) is 110 Å². The van der Waals surface area contributed by atoms with E-state index < -0.39 is 36.9 Å². The zero-order valence-corrected chi connectivity index (χ0v) is 53.2. The molecule has 466 valence electrons. The summed E-state index contributed by atoms with van der Waals surface area (Å²) in [6.07, 6.45) is 83.6. The van der Waals surface area contributed by atoms with Gasteiger partial charge in [-0.15, -0.1) is 0 Å². The zero-order valence-electron chi connectivity index (χ0n) is 53.2. The lowest BCUT2D eigenvalue weighted by molar-refractivity contribution is -0.132. The van der Waals surface area contributed by atoms with Gasteiger partial charge in [-0.2, -0.15) is 0 Å². The first-order valence-corrected chi connectivity index (χ1v) is 36.1. The maximum atomic E-state index is 12.7. The Hall–Kier alpha value is -0.950. The molecule has 0 aromatic heterocycles. The number of nitrogens with one attached hydrogen (secondary N) is 1. The first-order valence-electron chi connectivity index (χ1n) is 36.1. The average molecular weight is 1100 g/mol. The lowest BCUT2D eigenvalue weighted by atomic mass is 10.00. The maximum absolute atomic E-state index is 12.7. The minimum Gasteiger partial charge on any atom is -0.394 e. The first kappa shape index (κ1) is 77.0. The summed E-state index contributed by atoms with van der Waals surface area (Å²) in [6.45, 7) is 4.11. The van der Waals surface area contributed by atoms with E-state index in [0.717, 1.165) is 38.5 Å². The smallest absolute Gasteiger partial charge is 0.249 e. The summed E-state index contributed by atoms with van der Waals surface area (Å²) in [5.74, 6) is -0.583. The molecule has 0 aliphatic carbocycles. The number of rotatable bonds is 68. The molecule has 0 aliphatic heterocycles. The zero-order chi connectivity index (χ0) is 56.6. The van der Waals surface area contributed by atoms with Crippen LogP contribution in [0.15, 0.2) is 12.2 Å². The Bertz CT molecular complexity index is 1150. The number of carbonyl (C=O) groups is 1. The maximum Gasteiger partial charge on any atom is 0.249 e. The fraction of sp³-hybridized carbons (Fsp3) is 0.958. The van der Waals surface area contributed by atoms with E-state index in [1.165, 1.54) is 347 Å². The van der Waals surface area contributed by atoms with Crippen LogP contribution in [0.1, 0.15) is 412 Å². The fourth-order valence-corrected chi connectivity index (χ4v) is 11.9. The Balaban J connectivity index is 3.52. The van der Waals surface area contributed by atoms with Gasteiger partial charge in [0.15, 0.2) is 0 Å². The molecule has 0 fully saturated rings. The Labute approximate surface area is 489 Å². The van der Waals surface area contributed by atoms with Crippen LogP contribution in [-0.2, 0) is 4.79 Å². The molecular formula is C72H143NO5. The molecule has 1 amide bonds. The minimum atomic E-state index is -1.28. The summed E-state index contributed by atoms with van der Waals surface area (Å²) >= 11 is 0. The highest BCUT2D eigenvalue weighted by Crippen LogP contribution is 2.20. The second kappa shape index (κ2) is 66.8. The molecule has 0 aliphatic rings. The third-order valence-corrected chi connectivity index (χ3v) is 17.5. The van der Waals surface area contributed by atoms with Gasteiger partial charge in [-0.1, -0.05) is 386 Å². The molecule has 6 nitrogen and oxygen atoms in total. The van der Waals surface area contributed by atoms with Crippen molar-refractivity contribution in [3.05, 3.63) is 12.2 Å². The van der Waals surface area contributed by atoms with Crippen molar-refractivity contribution in [2.24, 2.45) is 0 Å². The molecule has 0 aromatic rings. The van der Waals surface area contributed by atoms with Crippen molar-refractivity contribution in [3.63, 3.8) is 0 Å². The molecule has 0 aromatic carbocycles. The molecule has 0 radical (unpaired) electrons. The van der Waals surface area contributed by atoms with Crippen molar-refractivity contribution >= 4 is 5.91 Å². The lowest BCUT2D eigenvalue weighted by Gasteiger charge is -2.27. The van der Waals surface area contributed by atoms with E-state index in [4.69, 9.17) is 0 Å². The number of unbranched alkanes of at least 4 members (excludes halogenated alkanes) is 57. The van der Waals surface area contributed by atoms with E-state index in [1.54, 1.807) is 0 Å². The fourth-order valence-electron chi connectivity index (χ4n) is 11.9. The predicted octanol–water partition coefficient (Wildman–Crippen LogP) is 22.3. The molecule has 0 saturated carbocycles. The van der Waals surface area contributed by atoms with Gasteiger partial charge in [-0.25, -0.2) is 0 Å². The quantitative estimate of drug-likeness (QED) is 0.0308. The number of allylic oxidation sites excluding steroid dienone is 2. The summed E-state index contributed by atoms with van der Waals surface area (Å²) in [4.78, 5) is 12.7. The molecule has 4 atom stereocenters. The van der Waals surface area contributed by atoms with E-state index >= 15 is 0 Å². The van der Waals surface area contributed by atoms with Crippen LogP contribution in [0.25, 0.3) is 0 Å². The van der Waals surface area contributed by atoms with Gasteiger partial charge in [0.2, 0.25) is 5.91 Å². The van der Waals surface area contributed by atoms with Gasteiger partial charge in [-0.3, -0.25) is 4.79 Å². The van der Waals surface area contributed by atoms with Crippen LogP contribution >= 0.6 is 0 Å². The number of carbonyl (C=O) groups excluding carboxylic acids is 1. The van der Waals surface area contributed by atoms with Crippen LogP contribution in [0, 0.1) is 0 Å². The average Bonchev–Trinajstić information content (AvgIpc) is 3.45. The molecular weight excluding hydrogens is 959 g/mol. The Morgan fingerprint density at radius 3 is 0.769 bits per heavy atom. The standard InChI is InChI=1S/C72H143NO5/c1-3-5-7-9-11-13-15-17-19-21-23-25-27-29-31-33-34-35-36-37-38-40-42-44-46-48-50-52-54-56-58-60-62-64-66-70(76)72(78)73-68(67-74)71(77)69(75)65-63-61-59-57-55-53-51-49-47-45-43-41-39-32-30-28-26-24-22-20-18-16-14-12-10-8-6-4-2/h57,59,68-71,74-77H,3-56,58,60-67H2,1-2H3,(H,73,78)/b59-57+. The number of hydrogen-bond donors (Lipinski definition) is 5. The third kappa shape index (κ3) is 59.7. The summed E-state index contributed by atoms with van der Waals surface area (Å²) < 4.78 is 0. The van der Waals surface area contributed by atoms with Crippen molar-refractivity contribution in [2.75, 3.05) is 6.61 Å². The van der Waals surface area contributed by atoms with Crippen molar-refractivity contribution in [2.45, 2.75) is 436 Å². The van der Waals surface area contributed by atoms with E-state index in [-0.39, 0.29) is 0 Å². The Morgan fingerprint density at radius 1 is 0.308 bits per heavy atom. The number of amides is 1. The number of aliphatic hydroxyl groups is 4. The number of aliphatic hydroxyl groups excluding tert-OH is 4. The van der Waals surface area contributed by atoms with Crippen molar-refractivity contribution < 1.29 is 25.2 Å². The second-order valence-corrected chi connectivity index (χ2v) is 25.3. The van der Waals surface area contributed by atoms with Gasteiger partial charge in [0, 0.05) is 0 Å². The highest BCUT2D eigenvalue weighted by atomic mass is 16.3. The van der Waals surface area contributed by atoms with Gasteiger partial charge in [0.1, 0.15) is 12.2 Å². The molecule has 6 heteroatoms. The van der Waals surface area contributed by atoms with Gasteiger partial charge >= 0.3 is 0 Å². The minimum absolute atomic E-state index is 0.369. The molecule has 4 unspecified atom stereocenters. The highest BCUT2D eigenvalue weighted by molar-refractivity contribution is 5.80. The predicted molar refractivity (Wildman–Crippen MR) is 344 cm³/mol. The lowest BCUT2D eigenvalue weighted by Crippen LogP contribution is -2.53. The van der Waals surface area contributed by atoms with Gasteiger partial charge in [0.05, 0.1) is 18.8 Å². The normalized spacial score (nSPS) is 13.5. The monoisotopic (exact) mass is 1100 g/mol. The van der Waals surface area contributed by atoms with E-state index in [1.807, 2.05) is 0 Å². The van der Waals surface area contributed by atoms with Crippen LogP contribution in [-0.4, -0.2) is 57.3 Å². The summed E-state index contributed by atoms with van der Waals surface area (Å²) in [7, 11) is 0. The number of hydrogen-bond acceptors (Lipinski definition) is 5. The van der Waals surface area contributed by atoms with Crippen molar-refractivity contribution in [1.29, 1.82) is 0 Å². The summed E-state index contributed by atoms with van der Waals surface area (Å²) in [6, 6.07) is -1.00. The molecule has 78 heavy (non-hydrogen) atoms. The molecule has 0 spiro atoms.